The second kappa shape index (κ2) is 10.6. The number of aromatic hydroxyl groups is 1. The normalized spacial score (nSPS) is 11.8. The number of aliphatic carboxylic acids is 1. The standard InChI is InChI=1S/C26H20N2O5/c27-16-21(14-17-8-12-22(29)13-9-17)25(31)28-23(26(32)33)15-18-6-10-20(11-7-18)24(30)19-4-2-1-3-5-19/h1-14,23,29H,15H2,(H,28,31)(H,32,33)/b21-14+/t23-/m0/s1. The summed E-state index contributed by atoms with van der Waals surface area (Å²) in [5.74, 6) is -2.19. The van der Waals surface area contributed by atoms with Gasteiger partial charge in [-0.3, -0.25) is 9.59 Å². The van der Waals surface area contributed by atoms with Crippen molar-refractivity contribution in [2.24, 2.45) is 0 Å². The van der Waals surface area contributed by atoms with Crippen molar-refractivity contribution in [3.63, 3.8) is 0 Å². The first kappa shape index (κ1) is 23.0. The zero-order valence-electron chi connectivity index (χ0n) is 17.4. The molecule has 0 radical (unpaired) electrons. The maximum Gasteiger partial charge on any atom is 0.326 e. The summed E-state index contributed by atoms with van der Waals surface area (Å²) in [5, 5.41) is 30.6. The van der Waals surface area contributed by atoms with Crippen molar-refractivity contribution < 1.29 is 24.6 Å². The van der Waals surface area contributed by atoms with Gasteiger partial charge in [0, 0.05) is 17.5 Å². The number of hydrogen-bond donors (Lipinski definition) is 3. The smallest absolute Gasteiger partial charge is 0.326 e. The highest BCUT2D eigenvalue weighted by Gasteiger charge is 2.22. The number of ketones is 1. The highest BCUT2D eigenvalue weighted by atomic mass is 16.4. The summed E-state index contributed by atoms with van der Waals surface area (Å²) in [6, 6.07) is 21.6. The molecule has 0 heterocycles. The zero-order valence-corrected chi connectivity index (χ0v) is 17.4. The number of carbonyl (C=O) groups excluding carboxylic acids is 2. The van der Waals surface area contributed by atoms with Crippen molar-refractivity contribution in [3.05, 3.63) is 107 Å². The van der Waals surface area contributed by atoms with Gasteiger partial charge in [-0.1, -0.05) is 66.7 Å². The van der Waals surface area contributed by atoms with E-state index in [9.17, 15) is 29.9 Å². The Morgan fingerprint density at radius 3 is 2.09 bits per heavy atom. The highest BCUT2D eigenvalue weighted by Crippen LogP contribution is 2.14. The van der Waals surface area contributed by atoms with Crippen LogP contribution in [0.25, 0.3) is 6.08 Å². The first-order valence-corrected chi connectivity index (χ1v) is 10.0. The van der Waals surface area contributed by atoms with Crippen LogP contribution in [0.5, 0.6) is 5.75 Å². The number of nitrogens with zero attached hydrogens (tertiary/aromatic N) is 1. The van der Waals surface area contributed by atoms with E-state index in [1.54, 1.807) is 54.6 Å². The van der Waals surface area contributed by atoms with Crippen LogP contribution in [-0.4, -0.2) is 33.9 Å². The summed E-state index contributed by atoms with van der Waals surface area (Å²) in [6.07, 6.45) is 1.27. The van der Waals surface area contributed by atoms with Gasteiger partial charge in [-0.05, 0) is 29.3 Å². The second-order valence-corrected chi connectivity index (χ2v) is 7.22. The molecule has 164 valence electrons. The molecule has 0 aliphatic carbocycles. The molecule has 7 heteroatoms. The third-order valence-corrected chi connectivity index (χ3v) is 4.86. The fraction of sp³-hybridized carbons (Fsp3) is 0.0769. The maximum atomic E-state index is 12.5. The second-order valence-electron chi connectivity index (χ2n) is 7.22. The monoisotopic (exact) mass is 440 g/mol. The van der Waals surface area contributed by atoms with Gasteiger partial charge in [0.1, 0.15) is 23.4 Å². The van der Waals surface area contributed by atoms with Gasteiger partial charge in [0.05, 0.1) is 0 Å². The molecule has 0 saturated heterocycles. The summed E-state index contributed by atoms with van der Waals surface area (Å²) in [5.41, 5.74) is 1.85. The summed E-state index contributed by atoms with van der Waals surface area (Å²) in [4.78, 5) is 36.7. The maximum absolute atomic E-state index is 12.5. The number of benzene rings is 3. The van der Waals surface area contributed by atoms with E-state index < -0.39 is 17.9 Å². The summed E-state index contributed by atoms with van der Waals surface area (Å²) < 4.78 is 0. The number of nitriles is 1. The third-order valence-electron chi connectivity index (χ3n) is 4.86. The molecular weight excluding hydrogens is 420 g/mol. The van der Waals surface area contributed by atoms with Gasteiger partial charge in [0.2, 0.25) is 0 Å². The molecule has 3 N–H and O–H groups in total. The number of hydrogen-bond acceptors (Lipinski definition) is 5. The average molecular weight is 440 g/mol. The van der Waals surface area contributed by atoms with Gasteiger partial charge in [0.25, 0.3) is 5.91 Å². The molecule has 0 spiro atoms. The minimum absolute atomic E-state index is 0.0290. The summed E-state index contributed by atoms with van der Waals surface area (Å²) >= 11 is 0. The van der Waals surface area contributed by atoms with Crippen LogP contribution >= 0.6 is 0 Å². The van der Waals surface area contributed by atoms with Crippen LogP contribution in [0, 0.1) is 11.3 Å². The van der Waals surface area contributed by atoms with Crippen LogP contribution < -0.4 is 5.32 Å². The molecular formula is C26H20N2O5. The number of amides is 1. The van der Waals surface area contributed by atoms with Crippen molar-refractivity contribution in [2.45, 2.75) is 12.5 Å². The van der Waals surface area contributed by atoms with Crippen molar-refractivity contribution in [1.82, 2.24) is 5.32 Å². The number of phenolic OH excluding ortho intramolecular Hbond substituents is 1. The number of phenols is 1. The number of carboxylic acids is 1. The van der Waals surface area contributed by atoms with E-state index >= 15 is 0 Å². The first-order valence-electron chi connectivity index (χ1n) is 10.0. The molecule has 0 bridgehead atoms. The van der Waals surface area contributed by atoms with E-state index in [4.69, 9.17) is 0 Å². The molecule has 33 heavy (non-hydrogen) atoms. The lowest BCUT2D eigenvalue weighted by Crippen LogP contribution is -2.42. The quantitative estimate of drug-likeness (QED) is 0.280. The first-order chi connectivity index (χ1) is 15.9. The topological polar surface area (TPSA) is 127 Å². The number of nitrogens with one attached hydrogen (secondary N) is 1. The van der Waals surface area contributed by atoms with E-state index in [1.165, 1.54) is 30.3 Å². The Labute approximate surface area is 190 Å². The Morgan fingerprint density at radius 1 is 0.909 bits per heavy atom. The van der Waals surface area contributed by atoms with Crippen LogP contribution in [0.3, 0.4) is 0 Å². The van der Waals surface area contributed by atoms with Crippen LogP contribution in [0.4, 0.5) is 0 Å². The van der Waals surface area contributed by atoms with E-state index in [2.05, 4.69) is 5.32 Å². The third kappa shape index (κ3) is 6.15. The van der Waals surface area contributed by atoms with Gasteiger partial charge >= 0.3 is 5.97 Å². The van der Waals surface area contributed by atoms with Gasteiger partial charge in [-0.15, -0.1) is 0 Å². The SMILES string of the molecule is N#C/C(=C\c1ccc(O)cc1)C(=O)N[C@@H](Cc1ccc(C(=O)c2ccccc2)cc1)C(=O)O. The lowest BCUT2D eigenvalue weighted by atomic mass is 9.99. The van der Waals surface area contributed by atoms with Crippen molar-refractivity contribution in [2.75, 3.05) is 0 Å². The van der Waals surface area contributed by atoms with Crippen LogP contribution in [0.15, 0.2) is 84.4 Å². The summed E-state index contributed by atoms with van der Waals surface area (Å²) in [6.45, 7) is 0. The Hall–Kier alpha value is -4.70. The molecule has 3 aromatic carbocycles. The number of carboxylic acid groups (broad SMARTS) is 1. The number of rotatable bonds is 8. The molecule has 1 amide bonds. The van der Waals surface area contributed by atoms with Crippen LogP contribution in [-0.2, 0) is 16.0 Å². The fourth-order valence-corrected chi connectivity index (χ4v) is 3.11. The Morgan fingerprint density at radius 2 is 1.52 bits per heavy atom. The van der Waals surface area contributed by atoms with Crippen molar-refractivity contribution >= 4 is 23.7 Å². The molecule has 7 nitrogen and oxygen atoms in total. The van der Waals surface area contributed by atoms with Gasteiger partial charge < -0.3 is 15.5 Å². The lowest BCUT2D eigenvalue weighted by molar-refractivity contribution is -0.141. The van der Waals surface area contributed by atoms with Gasteiger partial charge in [0.15, 0.2) is 5.78 Å². The minimum Gasteiger partial charge on any atom is -0.508 e. The minimum atomic E-state index is -1.27. The molecule has 0 unspecified atom stereocenters. The molecule has 0 fully saturated rings. The Bertz CT molecular complexity index is 1220. The Kier molecular flexibility index (Phi) is 7.35. The Balaban J connectivity index is 1.71. The molecule has 0 aromatic heterocycles. The van der Waals surface area contributed by atoms with E-state index in [-0.39, 0.29) is 23.5 Å². The van der Waals surface area contributed by atoms with E-state index in [0.29, 0.717) is 22.3 Å². The molecule has 0 aliphatic heterocycles. The van der Waals surface area contributed by atoms with Crippen LogP contribution in [0.2, 0.25) is 0 Å². The molecule has 0 aliphatic rings. The predicted molar refractivity (Wildman–Crippen MR) is 121 cm³/mol. The van der Waals surface area contributed by atoms with E-state index in [0.717, 1.165) is 0 Å². The van der Waals surface area contributed by atoms with Gasteiger partial charge in [-0.25, -0.2) is 4.79 Å². The molecule has 1 atom stereocenters. The molecule has 3 aromatic rings. The lowest BCUT2D eigenvalue weighted by Gasteiger charge is -2.14. The largest absolute Gasteiger partial charge is 0.508 e. The number of carbonyl (C=O) groups is 3. The fourth-order valence-electron chi connectivity index (χ4n) is 3.11. The van der Waals surface area contributed by atoms with Gasteiger partial charge in [-0.2, -0.15) is 5.26 Å². The zero-order chi connectivity index (χ0) is 23.8. The molecule has 0 saturated carbocycles. The average Bonchev–Trinajstić information content (AvgIpc) is 2.83. The summed E-state index contributed by atoms with van der Waals surface area (Å²) in [7, 11) is 0. The van der Waals surface area contributed by atoms with Crippen molar-refractivity contribution in [3.8, 4) is 11.8 Å². The van der Waals surface area contributed by atoms with Crippen LogP contribution in [0.1, 0.15) is 27.0 Å². The molecule has 3 rings (SSSR count). The van der Waals surface area contributed by atoms with Crippen molar-refractivity contribution in [1.29, 1.82) is 5.26 Å². The predicted octanol–water partition coefficient (Wildman–Crippen LogP) is 3.34. The highest BCUT2D eigenvalue weighted by molar-refractivity contribution is 6.09. The van der Waals surface area contributed by atoms with E-state index in [1.807, 2.05) is 6.07 Å².